The van der Waals surface area contributed by atoms with Crippen LogP contribution in [0.4, 0.5) is 17.2 Å². The first-order valence-corrected chi connectivity index (χ1v) is 11.3. The van der Waals surface area contributed by atoms with Crippen LogP contribution in [0.2, 0.25) is 0 Å². The number of piperazine rings is 1. The fraction of sp³-hybridized carbons (Fsp3) is 0.273. The Kier molecular flexibility index (Phi) is 7.23. The lowest BCUT2D eigenvalue weighted by Gasteiger charge is -2.33. The Labute approximate surface area is 196 Å². The fourth-order valence-electron chi connectivity index (χ4n) is 3.27. The number of ether oxygens (including phenoxy) is 1. The maximum Gasteiger partial charge on any atom is 0.264 e. The summed E-state index contributed by atoms with van der Waals surface area (Å²) in [6.07, 6.45) is 4.97. The highest BCUT2D eigenvalue weighted by atomic mass is 32.2. The van der Waals surface area contributed by atoms with E-state index in [-0.39, 0.29) is 12.5 Å². The summed E-state index contributed by atoms with van der Waals surface area (Å²) in [6.45, 7) is 3.43. The molecule has 0 saturated carbocycles. The predicted molar refractivity (Wildman–Crippen MR) is 129 cm³/mol. The number of carbonyl (C=O) groups is 1. The average Bonchev–Trinajstić information content (AvgIpc) is 2.80. The van der Waals surface area contributed by atoms with E-state index in [0.717, 1.165) is 31.1 Å². The summed E-state index contributed by atoms with van der Waals surface area (Å²) in [5.74, 6) is 1.41. The lowest BCUT2D eigenvalue weighted by atomic mass is 10.3. The molecule has 4 rings (SSSR count). The smallest absolute Gasteiger partial charge is 0.264 e. The number of nitrogens with two attached hydrogens (primary N) is 2. The second kappa shape index (κ2) is 10.5. The standard InChI is InChI=1S/C22H26N8O2S/c1-29-5-7-30(8-6-29)21-22(32-17-4-2-3-15(24)9-17)28-20(14-26-21)33-18-10-16(12-25-13-18)27-19(31)11-23/h2-4,9-10,12-14H,5-8,11,23-24H2,1H3,(H,27,31). The van der Waals surface area contributed by atoms with Gasteiger partial charge in [-0.15, -0.1) is 0 Å². The van der Waals surface area contributed by atoms with Crippen molar-refractivity contribution >= 4 is 34.9 Å². The van der Waals surface area contributed by atoms with Crippen molar-refractivity contribution < 1.29 is 9.53 Å². The molecule has 1 aliphatic heterocycles. The molecule has 1 saturated heterocycles. The normalized spacial score (nSPS) is 14.2. The van der Waals surface area contributed by atoms with Gasteiger partial charge in [0.25, 0.3) is 5.88 Å². The molecule has 11 heteroatoms. The molecular formula is C22H26N8O2S. The summed E-state index contributed by atoms with van der Waals surface area (Å²) in [7, 11) is 2.10. The van der Waals surface area contributed by atoms with Crippen LogP contribution in [0.25, 0.3) is 0 Å². The quantitative estimate of drug-likeness (QED) is 0.444. The van der Waals surface area contributed by atoms with Crippen LogP contribution in [0.15, 0.2) is 58.8 Å². The molecule has 0 aliphatic carbocycles. The van der Waals surface area contributed by atoms with Gasteiger partial charge in [0.05, 0.1) is 24.6 Å². The van der Waals surface area contributed by atoms with Crippen LogP contribution in [0.5, 0.6) is 11.6 Å². The molecule has 1 fully saturated rings. The fourth-order valence-corrected chi connectivity index (χ4v) is 4.04. The second-order valence-electron chi connectivity index (χ2n) is 7.57. The highest BCUT2D eigenvalue weighted by Gasteiger charge is 2.21. The molecule has 0 bridgehead atoms. The highest BCUT2D eigenvalue weighted by molar-refractivity contribution is 7.99. The topological polar surface area (TPSA) is 136 Å². The lowest BCUT2D eigenvalue weighted by Crippen LogP contribution is -2.45. The third kappa shape index (κ3) is 6.09. The van der Waals surface area contributed by atoms with Crippen molar-refractivity contribution in [2.75, 3.05) is 55.7 Å². The second-order valence-corrected chi connectivity index (χ2v) is 8.66. The SMILES string of the molecule is CN1CCN(c2ncc(Sc3cncc(NC(=O)CN)c3)nc2Oc2cccc(N)c2)CC1. The Balaban J connectivity index is 1.60. The van der Waals surface area contributed by atoms with Crippen molar-refractivity contribution in [3.05, 3.63) is 48.9 Å². The van der Waals surface area contributed by atoms with Gasteiger partial charge in [-0.3, -0.25) is 9.78 Å². The van der Waals surface area contributed by atoms with Gasteiger partial charge < -0.3 is 31.3 Å². The third-order valence-electron chi connectivity index (χ3n) is 4.98. The summed E-state index contributed by atoms with van der Waals surface area (Å²) >= 11 is 1.37. The van der Waals surface area contributed by atoms with E-state index in [2.05, 4.69) is 32.1 Å². The Morgan fingerprint density at radius 2 is 2.00 bits per heavy atom. The van der Waals surface area contributed by atoms with Crippen LogP contribution >= 0.6 is 11.8 Å². The van der Waals surface area contributed by atoms with Gasteiger partial charge in [-0.2, -0.15) is 0 Å². The van der Waals surface area contributed by atoms with Gasteiger partial charge in [0, 0.05) is 49.0 Å². The molecule has 3 aromatic rings. The molecule has 2 aromatic heterocycles. The molecule has 172 valence electrons. The van der Waals surface area contributed by atoms with E-state index in [1.165, 1.54) is 11.8 Å². The van der Waals surface area contributed by atoms with Crippen LogP contribution < -0.4 is 26.4 Å². The number of anilines is 3. The Morgan fingerprint density at radius 1 is 1.18 bits per heavy atom. The first-order valence-electron chi connectivity index (χ1n) is 10.5. The molecule has 1 amide bonds. The number of aromatic nitrogens is 3. The van der Waals surface area contributed by atoms with Crippen LogP contribution in [0, 0.1) is 0 Å². The number of hydrogen-bond donors (Lipinski definition) is 3. The maximum absolute atomic E-state index is 11.6. The van der Waals surface area contributed by atoms with E-state index in [9.17, 15) is 4.79 Å². The first kappa shape index (κ1) is 22.8. The Hall–Kier alpha value is -3.41. The summed E-state index contributed by atoms with van der Waals surface area (Å²) in [5, 5.41) is 3.33. The molecule has 0 atom stereocenters. The highest BCUT2D eigenvalue weighted by Crippen LogP contribution is 2.34. The minimum atomic E-state index is -0.284. The number of carbonyl (C=O) groups excluding carboxylic acids is 1. The van der Waals surface area contributed by atoms with Gasteiger partial charge in [0.1, 0.15) is 10.8 Å². The minimum Gasteiger partial charge on any atom is -0.436 e. The van der Waals surface area contributed by atoms with Gasteiger partial charge in [0.2, 0.25) is 5.91 Å². The number of benzene rings is 1. The van der Waals surface area contributed by atoms with Gasteiger partial charge in [0.15, 0.2) is 5.82 Å². The third-order valence-corrected chi connectivity index (χ3v) is 5.85. The number of hydrogen-bond acceptors (Lipinski definition) is 10. The summed E-state index contributed by atoms with van der Waals surface area (Å²) in [6, 6.07) is 9.02. The van der Waals surface area contributed by atoms with E-state index in [4.69, 9.17) is 21.2 Å². The van der Waals surface area contributed by atoms with E-state index in [0.29, 0.717) is 33.8 Å². The van der Waals surface area contributed by atoms with E-state index in [1.54, 1.807) is 36.8 Å². The van der Waals surface area contributed by atoms with Crippen LogP contribution in [-0.4, -0.2) is 65.5 Å². The van der Waals surface area contributed by atoms with Gasteiger partial charge in [-0.1, -0.05) is 17.8 Å². The van der Waals surface area contributed by atoms with Gasteiger partial charge >= 0.3 is 0 Å². The number of likely N-dealkylation sites (N-methyl/N-ethyl adjacent to an activating group) is 1. The van der Waals surface area contributed by atoms with Crippen molar-refractivity contribution in [1.29, 1.82) is 0 Å². The number of nitrogen functional groups attached to an aromatic ring is 1. The Morgan fingerprint density at radius 3 is 2.76 bits per heavy atom. The van der Waals surface area contributed by atoms with Gasteiger partial charge in [-0.05, 0) is 25.2 Å². The molecule has 0 spiro atoms. The molecule has 3 heterocycles. The van der Waals surface area contributed by atoms with E-state index in [1.807, 2.05) is 12.1 Å². The number of rotatable bonds is 7. The number of nitrogens with one attached hydrogen (secondary N) is 1. The molecule has 33 heavy (non-hydrogen) atoms. The zero-order valence-electron chi connectivity index (χ0n) is 18.3. The lowest BCUT2D eigenvalue weighted by molar-refractivity contribution is -0.114. The number of amides is 1. The molecule has 1 aliphatic rings. The number of nitrogens with zero attached hydrogens (tertiary/aromatic N) is 5. The molecule has 10 nitrogen and oxygen atoms in total. The molecular weight excluding hydrogens is 440 g/mol. The van der Waals surface area contributed by atoms with E-state index >= 15 is 0 Å². The maximum atomic E-state index is 11.6. The molecule has 1 aromatic carbocycles. The molecule has 0 radical (unpaired) electrons. The van der Waals surface area contributed by atoms with Crippen molar-refractivity contribution in [1.82, 2.24) is 19.9 Å². The van der Waals surface area contributed by atoms with E-state index < -0.39 is 0 Å². The van der Waals surface area contributed by atoms with Crippen molar-refractivity contribution in [2.24, 2.45) is 5.73 Å². The van der Waals surface area contributed by atoms with Crippen molar-refractivity contribution in [3.63, 3.8) is 0 Å². The monoisotopic (exact) mass is 466 g/mol. The van der Waals surface area contributed by atoms with Crippen LogP contribution in [0.3, 0.4) is 0 Å². The number of pyridine rings is 1. The molecule has 0 unspecified atom stereocenters. The van der Waals surface area contributed by atoms with Gasteiger partial charge in [-0.25, -0.2) is 9.97 Å². The average molecular weight is 467 g/mol. The summed E-state index contributed by atoms with van der Waals surface area (Å²) in [4.78, 5) is 30.4. The summed E-state index contributed by atoms with van der Waals surface area (Å²) < 4.78 is 6.13. The predicted octanol–water partition coefficient (Wildman–Crippen LogP) is 2.05. The van der Waals surface area contributed by atoms with Crippen molar-refractivity contribution in [3.8, 4) is 11.6 Å². The Bertz CT molecular complexity index is 1120. The largest absolute Gasteiger partial charge is 0.436 e. The minimum absolute atomic E-state index is 0.0959. The molecule has 5 N–H and O–H groups in total. The summed E-state index contributed by atoms with van der Waals surface area (Å²) in [5.41, 5.74) is 12.5. The van der Waals surface area contributed by atoms with Crippen LogP contribution in [-0.2, 0) is 4.79 Å². The zero-order chi connectivity index (χ0) is 23.2. The van der Waals surface area contributed by atoms with Crippen molar-refractivity contribution in [2.45, 2.75) is 9.92 Å². The zero-order valence-corrected chi connectivity index (χ0v) is 19.1. The van der Waals surface area contributed by atoms with Crippen LogP contribution in [0.1, 0.15) is 0 Å². The first-order chi connectivity index (χ1) is 16.0.